The fourth-order valence-electron chi connectivity index (χ4n) is 2.55. The minimum Gasteiger partial charge on any atom is -0.394 e. The van der Waals surface area contributed by atoms with E-state index in [-0.39, 0.29) is 12.5 Å². The second-order valence-corrected chi connectivity index (χ2v) is 5.67. The first-order valence-electron chi connectivity index (χ1n) is 6.62. The standard InChI is InChI=1S/C14H19ClN2O2/c1-10-7-12(15)11(8-16-10)13(19)17-14(9-18)5-3-2-4-6-14/h7-8,18H,2-6,9H2,1H3,(H,17,19). The lowest BCUT2D eigenvalue weighted by atomic mass is 9.82. The zero-order valence-corrected chi connectivity index (χ0v) is 11.8. The van der Waals surface area contributed by atoms with Gasteiger partial charge in [0.1, 0.15) is 0 Å². The van der Waals surface area contributed by atoms with E-state index in [0.29, 0.717) is 10.6 Å². The van der Waals surface area contributed by atoms with Gasteiger partial charge in [0.05, 0.1) is 22.7 Å². The number of aryl methyl sites for hydroxylation is 1. The third kappa shape index (κ3) is 3.25. The largest absolute Gasteiger partial charge is 0.394 e. The highest BCUT2D eigenvalue weighted by Crippen LogP contribution is 2.28. The molecule has 2 N–H and O–H groups in total. The van der Waals surface area contributed by atoms with E-state index >= 15 is 0 Å². The quantitative estimate of drug-likeness (QED) is 0.895. The monoisotopic (exact) mass is 282 g/mol. The van der Waals surface area contributed by atoms with Crippen molar-refractivity contribution >= 4 is 17.5 Å². The third-order valence-electron chi connectivity index (χ3n) is 3.73. The van der Waals surface area contributed by atoms with Crippen molar-refractivity contribution in [3.63, 3.8) is 0 Å². The second-order valence-electron chi connectivity index (χ2n) is 5.26. The van der Waals surface area contributed by atoms with Crippen LogP contribution in [0.15, 0.2) is 12.3 Å². The molecule has 0 unspecified atom stereocenters. The zero-order chi connectivity index (χ0) is 13.9. The summed E-state index contributed by atoms with van der Waals surface area (Å²) in [4.78, 5) is 16.4. The molecule has 0 radical (unpaired) electrons. The predicted octanol–water partition coefficient (Wildman–Crippen LogP) is 2.47. The van der Waals surface area contributed by atoms with Gasteiger partial charge >= 0.3 is 0 Å². The zero-order valence-electron chi connectivity index (χ0n) is 11.1. The van der Waals surface area contributed by atoms with Gasteiger partial charge in [-0.3, -0.25) is 9.78 Å². The topological polar surface area (TPSA) is 62.2 Å². The summed E-state index contributed by atoms with van der Waals surface area (Å²) in [5, 5.41) is 12.9. The molecular formula is C14H19ClN2O2. The summed E-state index contributed by atoms with van der Waals surface area (Å²) in [6, 6.07) is 1.67. The van der Waals surface area contributed by atoms with Crippen molar-refractivity contribution in [2.45, 2.75) is 44.6 Å². The molecule has 0 bridgehead atoms. The number of aromatic nitrogens is 1. The van der Waals surface area contributed by atoms with E-state index < -0.39 is 5.54 Å². The number of amides is 1. The van der Waals surface area contributed by atoms with E-state index in [1.807, 2.05) is 6.92 Å². The lowest BCUT2D eigenvalue weighted by molar-refractivity contribution is 0.0758. The van der Waals surface area contributed by atoms with Gasteiger partial charge in [0, 0.05) is 11.9 Å². The van der Waals surface area contributed by atoms with E-state index in [1.165, 1.54) is 6.20 Å². The van der Waals surface area contributed by atoms with Crippen LogP contribution in [0.2, 0.25) is 5.02 Å². The Hall–Kier alpha value is -1.13. The number of pyridine rings is 1. The van der Waals surface area contributed by atoms with Crippen LogP contribution in [0.1, 0.15) is 48.2 Å². The van der Waals surface area contributed by atoms with Crippen LogP contribution in [0.5, 0.6) is 0 Å². The Balaban J connectivity index is 2.15. The van der Waals surface area contributed by atoms with Gasteiger partial charge in [-0.2, -0.15) is 0 Å². The predicted molar refractivity (Wildman–Crippen MR) is 74.4 cm³/mol. The van der Waals surface area contributed by atoms with Crippen LogP contribution in [0.3, 0.4) is 0 Å². The van der Waals surface area contributed by atoms with Crippen LogP contribution in [-0.2, 0) is 0 Å². The minimum atomic E-state index is -0.496. The molecular weight excluding hydrogens is 264 g/mol. The first-order chi connectivity index (χ1) is 9.06. The van der Waals surface area contributed by atoms with Gasteiger partial charge in [0.15, 0.2) is 0 Å². The number of nitrogens with one attached hydrogen (secondary N) is 1. The van der Waals surface area contributed by atoms with Gasteiger partial charge < -0.3 is 10.4 Å². The molecule has 0 atom stereocenters. The number of aliphatic hydroxyl groups excluding tert-OH is 1. The van der Waals surface area contributed by atoms with E-state index in [9.17, 15) is 9.90 Å². The number of halogens is 1. The number of carbonyl (C=O) groups is 1. The lowest BCUT2D eigenvalue weighted by Gasteiger charge is -2.36. The summed E-state index contributed by atoms with van der Waals surface area (Å²) >= 11 is 6.07. The fourth-order valence-corrected chi connectivity index (χ4v) is 2.85. The van der Waals surface area contributed by atoms with Crippen LogP contribution in [0.4, 0.5) is 0 Å². The molecule has 4 nitrogen and oxygen atoms in total. The van der Waals surface area contributed by atoms with Crippen molar-refractivity contribution in [1.82, 2.24) is 10.3 Å². The van der Waals surface area contributed by atoms with E-state index in [0.717, 1.165) is 37.8 Å². The van der Waals surface area contributed by atoms with Gasteiger partial charge in [-0.25, -0.2) is 0 Å². The molecule has 5 heteroatoms. The summed E-state index contributed by atoms with van der Waals surface area (Å²) < 4.78 is 0. The van der Waals surface area contributed by atoms with Crippen molar-refractivity contribution in [3.05, 3.63) is 28.5 Å². The molecule has 1 aromatic heterocycles. The molecule has 1 fully saturated rings. The highest BCUT2D eigenvalue weighted by atomic mass is 35.5. The van der Waals surface area contributed by atoms with Crippen molar-refractivity contribution in [2.24, 2.45) is 0 Å². The molecule has 0 saturated heterocycles. The van der Waals surface area contributed by atoms with Crippen LogP contribution >= 0.6 is 11.6 Å². The van der Waals surface area contributed by atoms with Crippen molar-refractivity contribution in [2.75, 3.05) is 6.61 Å². The Morgan fingerprint density at radius 3 is 2.74 bits per heavy atom. The molecule has 1 heterocycles. The highest BCUT2D eigenvalue weighted by Gasteiger charge is 2.33. The molecule has 19 heavy (non-hydrogen) atoms. The lowest BCUT2D eigenvalue weighted by Crippen LogP contribution is -2.52. The minimum absolute atomic E-state index is 0.0321. The Kier molecular flexibility index (Phi) is 4.42. The number of rotatable bonds is 3. The molecule has 0 aromatic carbocycles. The van der Waals surface area contributed by atoms with E-state index in [1.54, 1.807) is 6.07 Å². The fraction of sp³-hybridized carbons (Fsp3) is 0.571. The smallest absolute Gasteiger partial charge is 0.254 e. The third-order valence-corrected chi connectivity index (χ3v) is 4.04. The van der Waals surface area contributed by atoms with E-state index in [4.69, 9.17) is 11.6 Å². The molecule has 2 rings (SSSR count). The number of hydrogen-bond acceptors (Lipinski definition) is 3. The molecule has 1 aromatic rings. The second kappa shape index (κ2) is 5.88. The van der Waals surface area contributed by atoms with Crippen LogP contribution in [-0.4, -0.2) is 28.1 Å². The first kappa shape index (κ1) is 14.3. The summed E-state index contributed by atoms with van der Waals surface area (Å²) in [5.74, 6) is -0.256. The number of nitrogens with zero attached hydrogens (tertiary/aromatic N) is 1. The molecule has 0 spiro atoms. The molecule has 1 saturated carbocycles. The van der Waals surface area contributed by atoms with Gasteiger partial charge in [-0.05, 0) is 25.8 Å². The summed E-state index contributed by atoms with van der Waals surface area (Å²) in [6.45, 7) is 1.79. The summed E-state index contributed by atoms with van der Waals surface area (Å²) in [6.07, 6.45) is 6.32. The highest BCUT2D eigenvalue weighted by molar-refractivity contribution is 6.33. The molecule has 1 amide bonds. The van der Waals surface area contributed by atoms with Gasteiger partial charge in [-0.1, -0.05) is 30.9 Å². The summed E-state index contributed by atoms with van der Waals surface area (Å²) in [7, 11) is 0. The summed E-state index contributed by atoms with van der Waals surface area (Å²) in [5.41, 5.74) is 0.644. The van der Waals surface area contributed by atoms with Crippen LogP contribution in [0, 0.1) is 6.92 Å². The van der Waals surface area contributed by atoms with Crippen molar-refractivity contribution in [1.29, 1.82) is 0 Å². The average Bonchev–Trinajstić information content (AvgIpc) is 2.39. The normalized spacial score (nSPS) is 18.1. The number of aliphatic hydroxyl groups is 1. The molecule has 1 aliphatic carbocycles. The van der Waals surface area contributed by atoms with Gasteiger partial charge in [-0.15, -0.1) is 0 Å². The maximum atomic E-state index is 12.3. The molecule has 104 valence electrons. The number of hydrogen-bond donors (Lipinski definition) is 2. The maximum Gasteiger partial charge on any atom is 0.254 e. The Morgan fingerprint density at radius 1 is 1.47 bits per heavy atom. The van der Waals surface area contributed by atoms with Crippen LogP contribution in [0.25, 0.3) is 0 Å². The van der Waals surface area contributed by atoms with Gasteiger partial charge in [0.25, 0.3) is 5.91 Å². The Labute approximate surface area is 118 Å². The number of carbonyl (C=O) groups excluding carboxylic acids is 1. The Morgan fingerprint density at radius 2 is 2.16 bits per heavy atom. The molecule has 1 aliphatic rings. The van der Waals surface area contributed by atoms with Crippen molar-refractivity contribution in [3.8, 4) is 0 Å². The van der Waals surface area contributed by atoms with Gasteiger partial charge in [0.2, 0.25) is 0 Å². The molecule has 0 aliphatic heterocycles. The average molecular weight is 283 g/mol. The Bertz CT molecular complexity index is 471. The maximum absolute atomic E-state index is 12.3. The van der Waals surface area contributed by atoms with E-state index in [2.05, 4.69) is 10.3 Å². The van der Waals surface area contributed by atoms with Crippen molar-refractivity contribution < 1.29 is 9.90 Å². The first-order valence-corrected chi connectivity index (χ1v) is 7.00. The SMILES string of the molecule is Cc1cc(Cl)c(C(=O)NC2(CO)CCCCC2)cn1. The van der Waals surface area contributed by atoms with Crippen LogP contribution < -0.4 is 5.32 Å².